The lowest BCUT2D eigenvalue weighted by Gasteiger charge is -2.04. The maximum atomic E-state index is 13.8. The second-order valence-corrected chi connectivity index (χ2v) is 5.83. The van der Waals surface area contributed by atoms with E-state index in [9.17, 15) is 4.39 Å². The van der Waals surface area contributed by atoms with Crippen LogP contribution in [0.3, 0.4) is 0 Å². The summed E-state index contributed by atoms with van der Waals surface area (Å²) < 4.78 is 13.8. The third-order valence-corrected chi connectivity index (χ3v) is 4.02. The molecule has 0 spiro atoms. The summed E-state index contributed by atoms with van der Waals surface area (Å²) >= 11 is 1.58. The molecule has 1 aromatic carbocycles. The van der Waals surface area contributed by atoms with Crippen molar-refractivity contribution < 1.29 is 4.39 Å². The van der Waals surface area contributed by atoms with E-state index in [1.54, 1.807) is 23.5 Å². The van der Waals surface area contributed by atoms with Crippen LogP contribution in [0.2, 0.25) is 0 Å². The summed E-state index contributed by atoms with van der Waals surface area (Å²) in [7, 11) is 0. The maximum Gasteiger partial charge on any atom is 0.133 e. The van der Waals surface area contributed by atoms with E-state index >= 15 is 0 Å². The minimum atomic E-state index is -0.207. The zero-order chi connectivity index (χ0) is 13.8. The minimum absolute atomic E-state index is 0.207. The molecule has 0 aliphatic heterocycles. The van der Waals surface area contributed by atoms with Crippen molar-refractivity contribution in [1.29, 1.82) is 0 Å². The number of benzene rings is 1. The summed E-state index contributed by atoms with van der Waals surface area (Å²) in [5, 5.41) is 4.09. The Bertz CT molecular complexity index is 549. The molecule has 0 aliphatic carbocycles. The van der Waals surface area contributed by atoms with E-state index in [0.717, 1.165) is 23.8 Å². The number of nitrogens with one attached hydrogen (secondary N) is 1. The zero-order valence-electron chi connectivity index (χ0n) is 11.5. The summed E-state index contributed by atoms with van der Waals surface area (Å²) in [6.07, 6.45) is 0. The van der Waals surface area contributed by atoms with Crippen LogP contribution in [0.4, 0.5) is 4.39 Å². The highest BCUT2D eigenvalue weighted by atomic mass is 32.1. The van der Waals surface area contributed by atoms with Gasteiger partial charge in [-0.25, -0.2) is 9.37 Å². The molecule has 0 saturated carbocycles. The lowest BCUT2D eigenvalue weighted by molar-refractivity contribution is 0.631. The molecule has 0 atom stereocenters. The second kappa shape index (κ2) is 6.26. The molecule has 19 heavy (non-hydrogen) atoms. The van der Waals surface area contributed by atoms with Crippen LogP contribution in [-0.4, -0.2) is 11.5 Å². The second-order valence-electron chi connectivity index (χ2n) is 4.74. The van der Waals surface area contributed by atoms with Crippen molar-refractivity contribution in [2.45, 2.75) is 33.2 Å². The van der Waals surface area contributed by atoms with E-state index in [4.69, 9.17) is 0 Å². The SMILES string of the molecule is CCNCc1sc(-c2ccccc2F)nc1C(C)C. The Balaban J connectivity index is 2.40. The molecule has 1 heterocycles. The van der Waals surface area contributed by atoms with Gasteiger partial charge in [0.1, 0.15) is 10.8 Å². The van der Waals surface area contributed by atoms with Gasteiger partial charge < -0.3 is 5.32 Å². The quantitative estimate of drug-likeness (QED) is 0.887. The molecule has 2 aromatic rings. The molecule has 102 valence electrons. The topological polar surface area (TPSA) is 24.9 Å². The predicted molar refractivity (Wildman–Crippen MR) is 79.0 cm³/mol. The first kappa shape index (κ1) is 14.2. The molecule has 0 unspecified atom stereocenters. The summed E-state index contributed by atoms with van der Waals surface area (Å²) in [5.41, 5.74) is 1.67. The molecule has 0 radical (unpaired) electrons. The van der Waals surface area contributed by atoms with Crippen molar-refractivity contribution >= 4 is 11.3 Å². The van der Waals surface area contributed by atoms with Gasteiger partial charge in [-0.1, -0.05) is 32.9 Å². The van der Waals surface area contributed by atoms with Crippen molar-refractivity contribution in [3.05, 3.63) is 40.7 Å². The highest BCUT2D eigenvalue weighted by Gasteiger charge is 2.16. The number of thiazole rings is 1. The summed E-state index contributed by atoms with van der Waals surface area (Å²) in [6, 6.07) is 6.82. The van der Waals surface area contributed by atoms with E-state index in [1.165, 1.54) is 10.9 Å². The standard InChI is InChI=1S/C15H19FN2S/c1-4-17-9-13-14(10(2)3)18-15(19-13)11-7-5-6-8-12(11)16/h5-8,10,17H,4,9H2,1-3H3. The highest BCUT2D eigenvalue weighted by Crippen LogP contribution is 2.32. The smallest absolute Gasteiger partial charge is 0.133 e. The van der Waals surface area contributed by atoms with Gasteiger partial charge in [-0.3, -0.25) is 0 Å². The van der Waals surface area contributed by atoms with Crippen LogP contribution in [0.15, 0.2) is 24.3 Å². The molecule has 1 aromatic heterocycles. The molecule has 0 fully saturated rings. The molecule has 2 nitrogen and oxygen atoms in total. The normalized spacial score (nSPS) is 11.2. The molecule has 0 saturated heterocycles. The van der Waals surface area contributed by atoms with Gasteiger partial charge in [-0.15, -0.1) is 11.3 Å². The lowest BCUT2D eigenvalue weighted by atomic mass is 10.1. The van der Waals surface area contributed by atoms with Gasteiger partial charge in [-0.05, 0) is 24.6 Å². The van der Waals surface area contributed by atoms with Crippen molar-refractivity contribution in [1.82, 2.24) is 10.3 Å². The summed E-state index contributed by atoms with van der Waals surface area (Å²) in [5.74, 6) is 0.145. The Morgan fingerprint density at radius 2 is 2.05 bits per heavy atom. The molecule has 1 N–H and O–H groups in total. The predicted octanol–water partition coefficient (Wildman–Crippen LogP) is 4.18. The van der Waals surface area contributed by atoms with E-state index in [2.05, 4.69) is 31.1 Å². The molecule has 0 aliphatic rings. The Hall–Kier alpha value is -1.26. The first-order valence-electron chi connectivity index (χ1n) is 6.58. The molecule has 4 heteroatoms. The Kier molecular flexibility index (Phi) is 4.66. The van der Waals surface area contributed by atoms with Crippen molar-refractivity contribution in [2.24, 2.45) is 0 Å². The fourth-order valence-corrected chi connectivity index (χ4v) is 3.14. The van der Waals surface area contributed by atoms with E-state index in [-0.39, 0.29) is 5.82 Å². The molecule has 0 amide bonds. The van der Waals surface area contributed by atoms with Gasteiger partial charge in [-0.2, -0.15) is 0 Å². The van der Waals surface area contributed by atoms with Crippen LogP contribution in [0, 0.1) is 5.82 Å². The van der Waals surface area contributed by atoms with Crippen molar-refractivity contribution in [2.75, 3.05) is 6.54 Å². The van der Waals surface area contributed by atoms with E-state index in [1.807, 2.05) is 6.07 Å². The minimum Gasteiger partial charge on any atom is -0.312 e. The van der Waals surface area contributed by atoms with Crippen molar-refractivity contribution in [3.8, 4) is 10.6 Å². The Morgan fingerprint density at radius 3 is 2.68 bits per heavy atom. The van der Waals surface area contributed by atoms with Crippen LogP contribution in [0.25, 0.3) is 10.6 Å². The first-order chi connectivity index (χ1) is 9.13. The molecular weight excluding hydrogens is 259 g/mol. The zero-order valence-corrected chi connectivity index (χ0v) is 12.4. The average molecular weight is 278 g/mol. The summed E-state index contributed by atoms with van der Waals surface area (Å²) in [4.78, 5) is 5.84. The van der Waals surface area contributed by atoms with Crippen LogP contribution < -0.4 is 5.32 Å². The molecular formula is C15H19FN2S. The van der Waals surface area contributed by atoms with E-state index in [0.29, 0.717) is 11.5 Å². The number of hydrogen-bond donors (Lipinski definition) is 1. The van der Waals surface area contributed by atoms with Crippen LogP contribution >= 0.6 is 11.3 Å². The van der Waals surface area contributed by atoms with Gasteiger partial charge in [0, 0.05) is 17.0 Å². The largest absolute Gasteiger partial charge is 0.312 e. The van der Waals surface area contributed by atoms with Crippen LogP contribution in [0.5, 0.6) is 0 Å². The van der Waals surface area contributed by atoms with Gasteiger partial charge >= 0.3 is 0 Å². The Labute approximate surface area is 117 Å². The average Bonchev–Trinajstić information content (AvgIpc) is 2.81. The third kappa shape index (κ3) is 3.19. The number of nitrogens with zero attached hydrogens (tertiary/aromatic N) is 1. The van der Waals surface area contributed by atoms with Gasteiger partial charge in [0.25, 0.3) is 0 Å². The summed E-state index contributed by atoms with van der Waals surface area (Å²) in [6.45, 7) is 8.04. The van der Waals surface area contributed by atoms with Gasteiger partial charge in [0.05, 0.1) is 5.69 Å². The van der Waals surface area contributed by atoms with Gasteiger partial charge in [0.2, 0.25) is 0 Å². The fraction of sp³-hybridized carbons (Fsp3) is 0.400. The number of halogens is 1. The van der Waals surface area contributed by atoms with Crippen LogP contribution in [0.1, 0.15) is 37.3 Å². The molecule has 2 rings (SSSR count). The maximum absolute atomic E-state index is 13.8. The third-order valence-electron chi connectivity index (χ3n) is 2.91. The fourth-order valence-electron chi connectivity index (χ4n) is 1.93. The highest BCUT2D eigenvalue weighted by molar-refractivity contribution is 7.15. The first-order valence-corrected chi connectivity index (χ1v) is 7.40. The number of hydrogen-bond acceptors (Lipinski definition) is 3. The molecule has 0 bridgehead atoms. The monoisotopic (exact) mass is 278 g/mol. The van der Waals surface area contributed by atoms with E-state index < -0.39 is 0 Å². The lowest BCUT2D eigenvalue weighted by Crippen LogP contribution is -2.12. The van der Waals surface area contributed by atoms with Crippen LogP contribution in [-0.2, 0) is 6.54 Å². The van der Waals surface area contributed by atoms with Crippen molar-refractivity contribution in [3.63, 3.8) is 0 Å². The van der Waals surface area contributed by atoms with Gasteiger partial charge in [0.15, 0.2) is 0 Å². The Morgan fingerprint density at radius 1 is 1.32 bits per heavy atom. The number of aromatic nitrogens is 1. The number of rotatable bonds is 5.